The number of carbonyl (C=O) groups is 1. The number of aromatic nitrogens is 2. The smallest absolute Gasteiger partial charge is 0.270 e. The van der Waals surface area contributed by atoms with Gasteiger partial charge in [-0.25, -0.2) is 0 Å². The minimum atomic E-state index is -0.456. The summed E-state index contributed by atoms with van der Waals surface area (Å²) >= 11 is 1.68. The predicted molar refractivity (Wildman–Crippen MR) is 128 cm³/mol. The molecule has 0 saturated heterocycles. The Morgan fingerprint density at radius 2 is 1.73 bits per heavy atom. The van der Waals surface area contributed by atoms with Gasteiger partial charge in [0.25, 0.3) is 5.56 Å². The summed E-state index contributed by atoms with van der Waals surface area (Å²) in [5, 5.41) is 11.0. The van der Waals surface area contributed by atoms with E-state index in [9.17, 15) is 9.59 Å². The Labute approximate surface area is 193 Å². The van der Waals surface area contributed by atoms with E-state index in [4.69, 9.17) is 4.74 Å². The number of rotatable bonds is 4. The van der Waals surface area contributed by atoms with Crippen LogP contribution < -0.4 is 15.6 Å². The molecule has 3 N–H and O–H groups in total. The first kappa shape index (κ1) is 19.8. The van der Waals surface area contributed by atoms with E-state index in [1.807, 2.05) is 66.0 Å². The van der Waals surface area contributed by atoms with Crippen molar-refractivity contribution in [2.24, 2.45) is 0 Å². The van der Waals surface area contributed by atoms with Crippen LogP contribution in [-0.2, 0) is 4.79 Å². The van der Waals surface area contributed by atoms with Gasteiger partial charge in [-0.15, -0.1) is 11.3 Å². The fraction of sp³-hybridized carbons (Fsp3) is 0.154. The number of para-hydroxylation sites is 1. The van der Waals surface area contributed by atoms with Gasteiger partial charge in [0, 0.05) is 34.4 Å². The van der Waals surface area contributed by atoms with Crippen LogP contribution in [0.4, 0.5) is 5.82 Å². The van der Waals surface area contributed by atoms with E-state index in [-0.39, 0.29) is 17.3 Å². The molecule has 7 heteroatoms. The lowest BCUT2D eigenvalue weighted by Crippen LogP contribution is -2.31. The number of allylic oxidation sites excluding steroid dienone is 2. The van der Waals surface area contributed by atoms with Crippen LogP contribution in [0.2, 0.25) is 0 Å². The van der Waals surface area contributed by atoms with Gasteiger partial charge in [-0.2, -0.15) is 0 Å². The maximum absolute atomic E-state index is 13.5. The normalized spacial score (nSPS) is 19.6. The number of nitrogens with one attached hydrogen (secondary N) is 3. The molecule has 2 aromatic carbocycles. The molecule has 0 radical (unpaired) electrons. The van der Waals surface area contributed by atoms with Crippen molar-refractivity contribution in [2.75, 3.05) is 5.32 Å². The lowest BCUT2D eigenvalue weighted by molar-refractivity contribution is -0.116. The molecule has 33 heavy (non-hydrogen) atoms. The van der Waals surface area contributed by atoms with Crippen molar-refractivity contribution in [3.63, 3.8) is 0 Å². The standard InChI is InChI=1S/C26H21N3O3S/c30-20-14-16(21-10-5-11-33-21)13-19-23(20)22(24-25(27-19)28-29-26(24)31)15-6-4-9-18(12-15)32-17-7-2-1-3-8-17/h1-12,16,22H,13-14H2,(H3,27,28,29,31)/t16-,22-/m0/s1. The summed E-state index contributed by atoms with van der Waals surface area (Å²) < 4.78 is 6.03. The summed E-state index contributed by atoms with van der Waals surface area (Å²) in [5.74, 6) is 1.78. The van der Waals surface area contributed by atoms with Crippen molar-refractivity contribution in [3.8, 4) is 11.5 Å². The van der Waals surface area contributed by atoms with Gasteiger partial charge < -0.3 is 10.1 Å². The number of thiophene rings is 1. The molecule has 6 rings (SSSR count). The fourth-order valence-corrected chi connectivity index (χ4v) is 5.69. The maximum Gasteiger partial charge on any atom is 0.270 e. The summed E-state index contributed by atoms with van der Waals surface area (Å²) in [5.41, 5.74) is 2.72. The molecule has 0 spiro atoms. The summed E-state index contributed by atoms with van der Waals surface area (Å²) in [6.45, 7) is 0. The molecule has 1 aliphatic carbocycles. The minimum absolute atomic E-state index is 0.0766. The number of hydrogen-bond acceptors (Lipinski definition) is 5. The molecule has 6 nitrogen and oxygen atoms in total. The van der Waals surface area contributed by atoms with Crippen LogP contribution in [0.25, 0.3) is 0 Å². The van der Waals surface area contributed by atoms with Crippen LogP contribution in [0.5, 0.6) is 11.5 Å². The number of anilines is 1. The van der Waals surface area contributed by atoms with Gasteiger partial charge in [0.15, 0.2) is 5.78 Å². The highest BCUT2D eigenvalue weighted by Crippen LogP contribution is 2.47. The number of Topliss-reactive ketones (excluding diaryl/α,β-unsaturated/α-hetero) is 1. The van der Waals surface area contributed by atoms with Crippen LogP contribution in [0.3, 0.4) is 0 Å². The van der Waals surface area contributed by atoms with Crippen molar-refractivity contribution in [1.82, 2.24) is 10.2 Å². The molecule has 3 heterocycles. The van der Waals surface area contributed by atoms with Gasteiger partial charge in [-0.1, -0.05) is 36.4 Å². The molecule has 0 amide bonds. The monoisotopic (exact) mass is 455 g/mol. The third-order valence-corrected chi connectivity index (χ3v) is 7.33. The van der Waals surface area contributed by atoms with E-state index in [0.717, 1.165) is 23.4 Å². The van der Waals surface area contributed by atoms with Gasteiger partial charge in [-0.05, 0) is 47.7 Å². The summed E-state index contributed by atoms with van der Waals surface area (Å²) in [6, 6.07) is 21.3. The number of fused-ring (bicyclic) bond motifs is 1. The summed E-state index contributed by atoms with van der Waals surface area (Å²) in [7, 11) is 0. The van der Waals surface area contributed by atoms with Crippen LogP contribution in [0.15, 0.2) is 88.2 Å². The molecular weight excluding hydrogens is 434 g/mol. The lowest BCUT2D eigenvalue weighted by Gasteiger charge is -2.34. The molecule has 2 aliphatic rings. The topological polar surface area (TPSA) is 87.0 Å². The van der Waals surface area contributed by atoms with Gasteiger partial charge >= 0.3 is 0 Å². The predicted octanol–water partition coefficient (Wildman–Crippen LogP) is 5.52. The molecular formula is C26H21N3O3S. The number of ketones is 1. The molecule has 2 aromatic heterocycles. The molecule has 1 aliphatic heterocycles. The van der Waals surface area contributed by atoms with Crippen molar-refractivity contribution < 1.29 is 9.53 Å². The van der Waals surface area contributed by atoms with Gasteiger partial charge in [-0.3, -0.25) is 19.8 Å². The van der Waals surface area contributed by atoms with Crippen molar-refractivity contribution in [2.45, 2.75) is 24.7 Å². The average Bonchev–Trinajstić information content (AvgIpc) is 3.49. The zero-order valence-corrected chi connectivity index (χ0v) is 18.4. The average molecular weight is 456 g/mol. The molecule has 0 unspecified atom stereocenters. The van der Waals surface area contributed by atoms with Crippen molar-refractivity contribution in [1.29, 1.82) is 0 Å². The first-order valence-electron chi connectivity index (χ1n) is 10.9. The second-order valence-corrected chi connectivity index (χ2v) is 9.33. The summed E-state index contributed by atoms with van der Waals surface area (Å²) in [4.78, 5) is 27.5. The second-order valence-electron chi connectivity index (χ2n) is 8.35. The van der Waals surface area contributed by atoms with E-state index >= 15 is 0 Å². The van der Waals surface area contributed by atoms with E-state index in [2.05, 4.69) is 21.6 Å². The Morgan fingerprint density at radius 1 is 0.879 bits per heavy atom. The Morgan fingerprint density at radius 3 is 2.55 bits per heavy atom. The summed E-state index contributed by atoms with van der Waals surface area (Å²) in [6.07, 6.45) is 1.17. The van der Waals surface area contributed by atoms with Gasteiger partial charge in [0.2, 0.25) is 0 Å². The van der Waals surface area contributed by atoms with E-state index in [0.29, 0.717) is 29.1 Å². The first-order valence-corrected chi connectivity index (χ1v) is 11.8. The Bertz CT molecular complexity index is 1420. The van der Waals surface area contributed by atoms with E-state index < -0.39 is 5.92 Å². The van der Waals surface area contributed by atoms with E-state index in [1.165, 1.54) is 4.88 Å². The number of ether oxygens (including phenoxy) is 1. The number of benzene rings is 2. The number of hydrogen-bond donors (Lipinski definition) is 3. The Hall–Kier alpha value is -3.84. The Kier molecular flexibility index (Phi) is 4.77. The Balaban J connectivity index is 1.43. The SMILES string of the molecule is O=C1C[C@@H](c2cccs2)CC2=C1[C@H](c1cccc(Oc3ccccc3)c1)c1c([nH][nH]c1=O)N2. The van der Waals surface area contributed by atoms with Crippen LogP contribution >= 0.6 is 11.3 Å². The van der Waals surface area contributed by atoms with Gasteiger partial charge in [0.1, 0.15) is 17.3 Å². The zero-order chi connectivity index (χ0) is 22.4. The highest BCUT2D eigenvalue weighted by Gasteiger charge is 2.40. The second kappa shape index (κ2) is 7.94. The quantitative estimate of drug-likeness (QED) is 0.378. The molecule has 0 fully saturated rings. The highest BCUT2D eigenvalue weighted by atomic mass is 32.1. The first-order chi connectivity index (χ1) is 16.2. The lowest BCUT2D eigenvalue weighted by atomic mass is 9.74. The minimum Gasteiger partial charge on any atom is -0.457 e. The molecule has 0 saturated carbocycles. The van der Waals surface area contributed by atoms with E-state index in [1.54, 1.807) is 11.3 Å². The third kappa shape index (κ3) is 3.50. The molecule has 2 atom stereocenters. The van der Waals surface area contributed by atoms with Crippen LogP contribution in [0.1, 0.15) is 40.7 Å². The molecule has 4 aromatic rings. The molecule has 164 valence electrons. The highest BCUT2D eigenvalue weighted by molar-refractivity contribution is 7.10. The zero-order valence-electron chi connectivity index (χ0n) is 17.6. The van der Waals surface area contributed by atoms with Gasteiger partial charge in [0.05, 0.1) is 5.56 Å². The largest absolute Gasteiger partial charge is 0.457 e. The fourth-order valence-electron chi connectivity index (χ4n) is 4.86. The number of aromatic amines is 2. The van der Waals surface area contributed by atoms with Crippen LogP contribution in [-0.4, -0.2) is 16.0 Å². The van der Waals surface area contributed by atoms with Crippen molar-refractivity contribution in [3.05, 3.63) is 110 Å². The third-order valence-electron chi connectivity index (χ3n) is 6.29. The van der Waals surface area contributed by atoms with Crippen molar-refractivity contribution >= 4 is 22.9 Å². The number of carbonyl (C=O) groups excluding carboxylic acids is 1. The maximum atomic E-state index is 13.5. The van der Waals surface area contributed by atoms with Crippen LogP contribution in [0, 0.1) is 0 Å². The molecule has 0 bridgehead atoms. The number of H-pyrrole nitrogens is 2.